The molecule has 0 radical (unpaired) electrons. The molecule has 0 amide bonds. The Kier molecular flexibility index (Phi) is 6.55. The molecule has 0 aromatic heterocycles. The first-order chi connectivity index (χ1) is 9.79. The first kappa shape index (κ1) is 15.5. The lowest BCUT2D eigenvalue weighted by Crippen LogP contribution is -2.30. The van der Waals surface area contributed by atoms with Crippen molar-refractivity contribution in [2.24, 2.45) is 5.92 Å². The van der Waals surface area contributed by atoms with Crippen LogP contribution in [0.25, 0.3) is 0 Å². The van der Waals surface area contributed by atoms with Gasteiger partial charge in [0.2, 0.25) is 0 Å². The second-order valence-corrected chi connectivity index (χ2v) is 6.19. The van der Waals surface area contributed by atoms with Crippen molar-refractivity contribution in [3.05, 3.63) is 35.9 Å². The van der Waals surface area contributed by atoms with E-state index in [4.69, 9.17) is 0 Å². The molecule has 1 aliphatic heterocycles. The van der Waals surface area contributed by atoms with E-state index >= 15 is 0 Å². The van der Waals surface area contributed by atoms with Gasteiger partial charge in [-0.3, -0.25) is 0 Å². The van der Waals surface area contributed by atoms with Gasteiger partial charge < -0.3 is 10.2 Å². The number of likely N-dealkylation sites (tertiary alicyclic amines) is 1. The first-order valence-corrected chi connectivity index (χ1v) is 8.30. The Labute approximate surface area is 124 Å². The maximum Gasteiger partial charge on any atom is 0.0332 e. The van der Waals surface area contributed by atoms with Crippen molar-refractivity contribution in [3.63, 3.8) is 0 Å². The molecule has 2 nitrogen and oxygen atoms in total. The zero-order chi connectivity index (χ0) is 14.2. The van der Waals surface area contributed by atoms with Gasteiger partial charge in [-0.1, -0.05) is 44.2 Å². The van der Waals surface area contributed by atoms with Crippen molar-refractivity contribution in [1.29, 1.82) is 0 Å². The maximum atomic E-state index is 3.64. The average Bonchev–Trinajstić information content (AvgIpc) is 2.69. The lowest BCUT2D eigenvalue weighted by molar-refractivity contribution is 0.264. The summed E-state index contributed by atoms with van der Waals surface area (Å²) in [5.74, 6) is 0.915. The maximum absolute atomic E-state index is 3.64. The van der Waals surface area contributed by atoms with E-state index < -0.39 is 0 Å². The Morgan fingerprint density at radius 2 is 2.00 bits per heavy atom. The van der Waals surface area contributed by atoms with Gasteiger partial charge in [-0.15, -0.1) is 0 Å². The summed E-state index contributed by atoms with van der Waals surface area (Å²) < 4.78 is 0. The fraction of sp³-hybridized carbons (Fsp3) is 0.667. The largest absolute Gasteiger partial charge is 0.310 e. The van der Waals surface area contributed by atoms with E-state index in [1.54, 1.807) is 0 Å². The van der Waals surface area contributed by atoms with Crippen LogP contribution < -0.4 is 5.32 Å². The minimum atomic E-state index is 0.502. The van der Waals surface area contributed by atoms with Crippen molar-refractivity contribution in [3.8, 4) is 0 Å². The lowest BCUT2D eigenvalue weighted by Gasteiger charge is -2.24. The molecular weight excluding hydrogens is 244 g/mol. The number of nitrogens with one attached hydrogen (secondary N) is 1. The molecule has 1 fully saturated rings. The zero-order valence-corrected chi connectivity index (χ0v) is 13.1. The normalized spacial score (nSPS) is 22.4. The van der Waals surface area contributed by atoms with Gasteiger partial charge in [0.1, 0.15) is 0 Å². The number of rotatable bonds is 6. The molecule has 1 heterocycles. The SMILES string of the molecule is CCNC(CCN1CCCC(C)CC1)c1ccccc1. The predicted molar refractivity (Wildman–Crippen MR) is 86.9 cm³/mol. The number of nitrogens with zero attached hydrogens (tertiary/aromatic N) is 1. The van der Waals surface area contributed by atoms with Crippen LogP contribution in [0.15, 0.2) is 30.3 Å². The Morgan fingerprint density at radius 1 is 1.20 bits per heavy atom. The van der Waals surface area contributed by atoms with Gasteiger partial charge in [-0.05, 0) is 63.3 Å². The van der Waals surface area contributed by atoms with E-state index in [0.717, 1.165) is 12.5 Å². The van der Waals surface area contributed by atoms with Gasteiger partial charge in [-0.25, -0.2) is 0 Å². The van der Waals surface area contributed by atoms with Gasteiger partial charge in [0.05, 0.1) is 0 Å². The average molecular weight is 274 g/mol. The molecule has 0 spiro atoms. The quantitative estimate of drug-likeness (QED) is 0.847. The molecule has 1 aromatic carbocycles. The van der Waals surface area contributed by atoms with Crippen molar-refractivity contribution in [2.75, 3.05) is 26.2 Å². The summed E-state index contributed by atoms with van der Waals surface area (Å²) in [6, 6.07) is 11.4. The fourth-order valence-electron chi connectivity index (χ4n) is 3.18. The van der Waals surface area contributed by atoms with E-state index in [1.807, 2.05) is 0 Å². The molecule has 2 atom stereocenters. The van der Waals surface area contributed by atoms with Crippen molar-refractivity contribution in [2.45, 2.75) is 45.6 Å². The van der Waals surface area contributed by atoms with E-state index in [1.165, 1.54) is 50.9 Å². The Bertz CT molecular complexity index is 363. The highest BCUT2D eigenvalue weighted by Gasteiger charge is 2.16. The van der Waals surface area contributed by atoms with Crippen LogP contribution in [0.2, 0.25) is 0 Å². The summed E-state index contributed by atoms with van der Waals surface area (Å²) in [5.41, 5.74) is 1.43. The second kappa shape index (κ2) is 8.43. The third-order valence-corrected chi connectivity index (χ3v) is 4.50. The van der Waals surface area contributed by atoms with Crippen LogP contribution in [0, 0.1) is 5.92 Å². The predicted octanol–water partition coefficient (Wildman–Crippen LogP) is 3.85. The number of hydrogen-bond acceptors (Lipinski definition) is 2. The lowest BCUT2D eigenvalue weighted by atomic mass is 10.0. The highest BCUT2D eigenvalue weighted by atomic mass is 15.1. The summed E-state index contributed by atoms with van der Waals surface area (Å²) in [6.45, 7) is 9.43. The van der Waals surface area contributed by atoms with Crippen LogP contribution in [0.1, 0.15) is 51.1 Å². The highest BCUT2D eigenvalue weighted by Crippen LogP contribution is 2.20. The van der Waals surface area contributed by atoms with Gasteiger partial charge in [0.15, 0.2) is 0 Å². The number of hydrogen-bond donors (Lipinski definition) is 1. The molecule has 112 valence electrons. The van der Waals surface area contributed by atoms with Crippen LogP contribution in [0.4, 0.5) is 0 Å². The van der Waals surface area contributed by atoms with Crippen LogP contribution >= 0.6 is 0 Å². The molecule has 20 heavy (non-hydrogen) atoms. The van der Waals surface area contributed by atoms with Crippen molar-refractivity contribution >= 4 is 0 Å². The Morgan fingerprint density at radius 3 is 2.75 bits per heavy atom. The van der Waals surface area contributed by atoms with Gasteiger partial charge in [0, 0.05) is 6.04 Å². The minimum absolute atomic E-state index is 0.502. The van der Waals surface area contributed by atoms with E-state index in [-0.39, 0.29) is 0 Å². The molecule has 1 aromatic rings. The third-order valence-electron chi connectivity index (χ3n) is 4.50. The van der Waals surface area contributed by atoms with Gasteiger partial charge >= 0.3 is 0 Å². The molecule has 0 bridgehead atoms. The van der Waals surface area contributed by atoms with Crippen molar-refractivity contribution in [1.82, 2.24) is 10.2 Å². The summed E-state index contributed by atoms with van der Waals surface area (Å²) in [6.07, 6.45) is 5.37. The van der Waals surface area contributed by atoms with Crippen LogP contribution in [-0.4, -0.2) is 31.1 Å². The monoisotopic (exact) mass is 274 g/mol. The summed E-state index contributed by atoms with van der Waals surface area (Å²) in [5, 5.41) is 3.64. The summed E-state index contributed by atoms with van der Waals surface area (Å²) in [4.78, 5) is 2.66. The topological polar surface area (TPSA) is 15.3 Å². The zero-order valence-electron chi connectivity index (χ0n) is 13.1. The third kappa shape index (κ3) is 4.92. The van der Waals surface area contributed by atoms with Crippen molar-refractivity contribution < 1.29 is 0 Å². The fourth-order valence-corrected chi connectivity index (χ4v) is 3.18. The Balaban J connectivity index is 1.85. The minimum Gasteiger partial charge on any atom is -0.310 e. The molecule has 2 rings (SSSR count). The molecular formula is C18H30N2. The summed E-state index contributed by atoms with van der Waals surface area (Å²) in [7, 11) is 0. The standard InChI is InChI=1S/C18H30N2/c1-3-19-18(17-9-5-4-6-10-17)12-15-20-13-7-8-16(2)11-14-20/h4-6,9-10,16,18-19H,3,7-8,11-15H2,1-2H3. The van der Waals surface area contributed by atoms with Crippen LogP contribution in [0.5, 0.6) is 0 Å². The number of benzene rings is 1. The first-order valence-electron chi connectivity index (χ1n) is 8.30. The van der Waals surface area contributed by atoms with Gasteiger partial charge in [0.25, 0.3) is 0 Å². The second-order valence-electron chi connectivity index (χ2n) is 6.19. The molecule has 0 aliphatic carbocycles. The smallest absolute Gasteiger partial charge is 0.0332 e. The van der Waals surface area contributed by atoms with E-state index in [0.29, 0.717) is 6.04 Å². The highest BCUT2D eigenvalue weighted by molar-refractivity contribution is 5.18. The molecule has 2 unspecified atom stereocenters. The molecule has 0 saturated carbocycles. The molecule has 1 aliphatic rings. The van der Waals surface area contributed by atoms with E-state index in [2.05, 4.69) is 54.4 Å². The molecule has 1 N–H and O–H groups in total. The summed E-state index contributed by atoms with van der Waals surface area (Å²) >= 11 is 0. The molecule has 1 saturated heterocycles. The van der Waals surface area contributed by atoms with E-state index in [9.17, 15) is 0 Å². The van der Waals surface area contributed by atoms with Crippen LogP contribution in [0.3, 0.4) is 0 Å². The van der Waals surface area contributed by atoms with Gasteiger partial charge in [-0.2, -0.15) is 0 Å². The Hall–Kier alpha value is -0.860. The molecule has 2 heteroatoms. The van der Waals surface area contributed by atoms with Crippen LogP contribution in [-0.2, 0) is 0 Å².